The molecule has 2 rings (SSSR count). The lowest BCUT2D eigenvalue weighted by atomic mass is 9.84. The van der Waals surface area contributed by atoms with Crippen molar-refractivity contribution in [3.8, 4) is 0 Å². The second-order valence-electron chi connectivity index (χ2n) is 5.29. The van der Waals surface area contributed by atoms with Gasteiger partial charge in [-0.15, -0.1) is 0 Å². The van der Waals surface area contributed by atoms with Gasteiger partial charge in [-0.1, -0.05) is 13.8 Å². The zero-order chi connectivity index (χ0) is 10.2. The Hall–Kier alpha value is -0.370. The SMILES string of the molecule is CC(C)C[C@]12CCCN1C/C(=C/F)C2. The van der Waals surface area contributed by atoms with E-state index in [-0.39, 0.29) is 0 Å². The van der Waals surface area contributed by atoms with Crippen LogP contribution in [-0.2, 0) is 0 Å². The van der Waals surface area contributed by atoms with Crippen molar-refractivity contribution in [1.29, 1.82) is 0 Å². The highest BCUT2D eigenvalue weighted by molar-refractivity contribution is 5.18. The Morgan fingerprint density at radius 1 is 1.57 bits per heavy atom. The van der Waals surface area contributed by atoms with Gasteiger partial charge in [0.1, 0.15) is 0 Å². The molecule has 0 radical (unpaired) electrons. The van der Waals surface area contributed by atoms with Crippen LogP contribution < -0.4 is 0 Å². The van der Waals surface area contributed by atoms with Gasteiger partial charge in [-0.05, 0) is 43.7 Å². The lowest BCUT2D eigenvalue weighted by Crippen LogP contribution is -2.39. The lowest BCUT2D eigenvalue weighted by Gasteiger charge is -2.33. The summed E-state index contributed by atoms with van der Waals surface area (Å²) in [6, 6.07) is 0. The summed E-state index contributed by atoms with van der Waals surface area (Å²) in [4.78, 5) is 2.50. The van der Waals surface area contributed by atoms with Gasteiger partial charge in [0.25, 0.3) is 0 Å². The molecule has 0 saturated carbocycles. The molecule has 2 heterocycles. The molecule has 14 heavy (non-hydrogen) atoms. The first-order valence-corrected chi connectivity index (χ1v) is 5.69. The van der Waals surface area contributed by atoms with Gasteiger partial charge in [-0.25, -0.2) is 4.39 Å². The molecule has 0 unspecified atom stereocenters. The minimum absolute atomic E-state index is 0.325. The number of rotatable bonds is 2. The summed E-state index contributed by atoms with van der Waals surface area (Å²) < 4.78 is 12.5. The highest BCUT2D eigenvalue weighted by atomic mass is 19.1. The van der Waals surface area contributed by atoms with Crippen LogP contribution in [0.3, 0.4) is 0 Å². The van der Waals surface area contributed by atoms with Gasteiger partial charge in [0.2, 0.25) is 0 Å². The van der Waals surface area contributed by atoms with Crippen molar-refractivity contribution in [3.05, 3.63) is 11.9 Å². The molecule has 2 saturated heterocycles. The maximum Gasteiger partial charge on any atom is 0.0872 e. The Bertz CT molecular complexity index is 247. The highest BCUT2D eigenvalue weighted by Gasteiger charge is 2.46. The first-order valence-electron chi connectivity index (χ1n) is 5.69. The van der Waals surface area contributed by atoms with Crippen LogP contribution in [0.1, 0.15) is 39.5 Å². The summed E-state index contributed by atoms with van der Waals surface area (Å²) in [6.45, 7) is 6.58. The minimum Gasteiger partial charge on any atom is -0.293 e. The summed E-state index contributed by atoms with van der Waals surface area (Å²) in [6.07, 6.45) is 5.60. The summed E-state index contributed by atoms with van der Waals surface area (Å²) in [5.74, 6) is 0.717. The van der Waals surface area contributed by atoms with Crippen molar-refractivity contribution in [2.24, 2.45) is 5.92 Å². The first-order chi connectivity index (χ1) is 6.66. The van der Waals surface area contributed by atoms with Crippen molar-refractivity contribution in [2.45, 2.75) is 45.1 Å². The van der Waals surface area contributed by atoms with Crippen LogP contribution in [0.2, 0.25) is 0 Å². The van der Waals surface area contributed by atoms with Crippen LogP contribution in [-0.4, -0.2) is 23.5 Å². The fourth-order valence-electron chi connectivity index (χ4n) is 3.30. The molecule has 0 bridgehead atoms. The summed E-state index contributed by atoms with van der Waals surface area (Å²) in [5.41, 5.74) is 1.33. The van der Waals surface area contributed by atoms with Crippen molar-refractivity contribution < 1.29 is 4.39 Å². The average Bonchev–Trinajstić information content (AvgIpc) is 2.58. The normalized spacial score (nSPS) is 35.9. The number of nitrogens with zero attached hydrogens (tertiary/aromatic N) is 1. The number of halogens is 1. The van der Waals surface area contributed by atoms with Crippen molar-refractivity contribution in [3.63, 3.8) is 0 Å². The Morgan fingerprint density at radius 3 is 3.00 bits per heavy atom. The Morgan fingerprint density at radius 2 is 2.36 bits per heavy atom. The van der Waals surface area contributed by atoms with Gasteiger partial charge in [0.05, 0.1) is 6.33 Å². The predicted molar refractivity (Wildman–Crippen MR) is 56.8 cm³/mol. The fourth-order valence-corrected chi connectivity index (χ4v) is 3.30. The number of fused-ring (bicyclic) bond motifs is 1. The van der Waals surface area contributed by atoms with E-state index in [1.54, 1.807) is 0 Å². The molecular weight excluding hydrogens is 177 g/mol. The van der Waals surface area contributed by atoms with E-state index in [1.165, 1.54) is 25.8 Å². The van der Waals surface area contributed by atoms with Gasteiger partial charge in [0.15, 0.2) is 0 Å². The van der Waals surface area contributed by atoms with Gasteiger partial charge in [-0.2, -0.15) is 0 Å². The molecule has 0 amide bonds. The average molecular weight is 197 g/mol. The Kier molecular flexibility index (Phi) is 2.65. The third-order valence-corrected chi connectivity index (χ3v) is 3.63. The van der Waals surface area contributed by atoms with Gasteiger partial charge < -0.3 is 0 Å². The van der Waals surface area contributed by atoms with E-state index in [0.29, 0.717) is 5.54 Å². The predicted octanol–water partition coefficient (Wildman–Crippen LogP) is 3.12. The van der Waals surface area contributed by atoms with Crippen LogP contribution in [0.25, 0.3) is 0 Å². The largest absolute Gasteiger partial charge is 0.293 e. The highest BCUT2D eigenvalue weighted by Crippen LogP contribution is 2.45. The second kappa shape index (κ2) is 3.65. The smallest absolute Gasteiger partial charge is 0.0872 e. The van der Waals surface area contributed by atoms with Gasteiger partial charge >= 0.3 is 0 Å². The van der Waals surface area contributed by atoms with E-state index in [2.05, 4.69) is 18.7 Å². The maximum atomic E-state index is 12.5. The quantitative estimate of drug-likeness (QED) is 0.657. The fraction of sp³-hybridized carbons (Fsp3) is 0.833. The van der Waals surface area contributed by atoms with Crippen LogP contribution in [0, 0.1) is 5.92 Å². The number of hydrogen-bond acceptors (Lipinski definition) is 1. The third-order valence-electron chi connectivity index (χ3n) is 3.63. The van der Waals surface area contributed by atoms with Crippen LogP contribution in [0.5, 0.6) is 0 Å². The summed E-state index contributed by atoms with van der Waals surface area (Å²) in [7, 11) is 0. The Labute approximate surface area is 86.0 Å². The molecule has 0 aromatic carbocycles. The second-order valence-corrected chi connectivity index (χ2v) is 5.29. The van der Waals surface area contributed by atoms with E-state index in [4.69, 9.17) is 0 Å². The van der Waals surface area contributed by atoms with Gasteiger partial charge in [-0.3, -0.25) is 4.90 Å². The first kappa shape index (κ1) is 10.2. The Balaban J connectivity index is 2.14. The molecule has 2 fully saturated rings. The van der Waals surface area contributed by atoms with E-state index in [1.807, 2.05) is 0 Å². The molecule has 2 aliphatic rings. The molecule has 0 aromatic heterocycles. The summed E-state index contributed by atoms with van der Waals surface area (Å²) in [5, 5.41) is 0. The van der Waals surface area contributed by atoms with E-state index in [9.17, 15) is 4.39 Å². The maximum absolute atomic E-state index is 12.5. The molecular formula is C12H20FN. The standard InChI is InChI=1S/C12H20FN/c1-10(2)6-12-4-3-5-14(12)9-11(7-12)8-13/h8,10H,3-7,9H2,1-2H3/b11-8+/t12-/m0/s1. The van der Waals surface area contributed by atoms with E-state index in [0.717, 1.165) is 30.8 Å². The molecule has 2 aliphatic heterocycles. The molecule has 0 aliphatic carbocycles. The zero-order valence-corrected chi connectivity index (χ0v) is 9.22. The minimum atomic E-state index is 0.325. The monoisotopic (exact) mass is 197 g/mol. The van der Waals surface area contributed by atoms with Crippen LogP contribution in [0.15, 0.2) is 11.9 Å². The lowest BCUT2D eigenvalue weighted by molar-refractivity contribution is 0.163. The van der Waals surface area contributed by atoms with Crippen molar-refractivity contribution in [1.82, 2.24) is 4.90 Å². The third kappa shape index (κ3) is 1.60. The molecule has 0 aromatic rings. The zero-order valence-electron chi connectivity index (χ0n) is 9.22. The van der Waals surface area contributed by atoms with E-state index < -0.39 is 0 Å². The van der Waals surface area contributed by atoms with Gasteiger partial charge in [0, 0.05) is 12.1 Å². The van der Waals surface area contributed by atoms with Crippen molar-refractivity contribution >= 4 is 0 Å². The topological polar surface area (TPSA) is 3.24 Å². The van der Waals surface area contributed by atoms with E-state index >= 15 is 0 Å². The molecule has 0 spiro atoms. The summed E-state index contributed by atoms with van der Waals surface area (Å²) >= 11 is 0. The van der Waals surface area contributed by atoms with Crippen molar-refractivity contribution in [2.75, 3.05) is 13.1 Å². The molecule has 2 heteroatoms. The molecule has 0 N–H and O–H groups in total. The molecule has 80 valence electrons. The van der Waals surface area contributed by atoms with Crippen LogP contribution >= 0.6 is 0 Å². The molecule has 1 atom stereocenters. The molecule has 1 nitrogen and oxygen atoms in total. The number of hydrogen-bond donors (Lipinski definition) is 0. The van der Waals surface area contributed by atoms with Crippen LogP contribution in [0.4, 0.5) is 4.39 Å².